The van der Waals surface area contributed by atoms with Gasteiger partial charge >= 0.3 is 0 Å². The molecule has 1 atom stereocenters. The monoisotopic (exact) mass is 263 g/mol. The van der Waals surface area contributed by atoms with Crippen molar-refractivity contribution in [3.63, 3.8) is 0 Å². The Bertz CT molecular complexity index is 418. The summed E-state index contributed by atoms with van der Waals surface area (Å²) in [4.78, 5) is 4.66. The van der Waals surface area contributed by atoms with Crippen molar-refractivity contribution in [3.05, 3.63) is 11.9 Å². The fourth-order valence-corrected chi connectivity index (χ4v) is 3.12. The molecule has 0 spiro atoms. The molecule has 1 saturated carbocycles. The zero-order valence-electron chi connectivity index (χ0n) is 13.2. The van der Waals surface area contributed by atoms with Crippen molar-refractivity contribution in [2.75, 3.05) is 11.9 Å². The van der Waals surface area contributed by atoms with Crippen LogP contribution in [0.25, 0.3) is 0 Å². The summed E-state index contributed by atoms with van der Waals surface area (Å²) in [5.74, 6) is 1.71. The number of nitrogens with zero attached hydrogens (tertiary/aromatic N) is 2. The smallest absolute Gasteiger partial charge is 0.203 e. The van der Waals surface area contributed by atoms with Crippen molar-refractivity contribution in [1.82, 2.24) is 9.55 Å². The lowest BCUT2D eigenvalue weighted by Crippen LogP contribution is -2.26. The molecule has 1 aromatic rings. The minimum absolute atomic E-state index is 0.469. The Balaban J connectivity index is 2.14. The number of aryl methyl sites for hydroxylation is 1. The fourth-order valence-electron chi connectivity index (χ4n) is 3.12. The van der Waals surface area contributed by atoms with Crippen LogP contribution in [0.4, 0.5) is 5.95 Å². The highest BCUT2D eigenvalue weighted by atomic mass is 15.2. The van der Waals surface area contributed by atoms with Crippen LogP contribution in [0.2, 0.25) is 0 Å². The second kappa shape index (κ2) is 5.56. The molecule has 1 heterocycles. The van der Waals surface area contributed by atoms with Crippen LogP contribution >= 0.6 is 0 Å². The van der Waals surface area contributed by atoms with Crippen molar-refractivity contribution in [3.8, 4) is 0 Å². The molecule has 0 aromatic carbocycles. The molecular weight excluding hydrogens is 234 g/mol. The third-order valence-corrected chi connectivity index (χ3v) is 4.09. The van der Waals surface area contributed by atoms with E-state index >= 15 is 0 Å². The molecule has 2 rings (SSSR count). The Morgan fingerprint density at radius 2 is 2.21 bits per heavy atom. The summed E-state index contributed by atoms with van der Waals surface area (Å²) in [5, 5.41) is 3.51. The van der Waals surface area contributed by atoms with Crippen LogP contribution in [0.5, 0.6) is 0 Å². The van der Waals surface area contributed by atoms with E-state index in [1.807, 2.05) is 0 Å². The highest BCUT2D eigenvalue weighted by Crippen LogP contribution is 2.41. The number of nitrogens with one attached hydrogen (secondary N) is 1. The highest BCUT2D eigenvalue weighted by Gasteiger charge is 2.30. The van der Waals surface area contributed by atoms with Crippen molar-refractivity contribution in [2.45, 2.75) is 66.3 Å². The first-order chi connectivity index (χ1) is 8.87. The Kier molecular flexibility index (Phi) is 4.22. The van der Waals surface area contributed by atoms with Gasteiger partial charge in [-0.15, -0.1) is 0 Å². The minimum atomic E-state index is 0.469. The molecule has 1 unspecified atom stereocenters. The molecule has 1 N–H and O–H groups in total. The summed E-state index contributed by atoms with van der Waals surface area (Å²) >= 11 is 0. The van der Waals surface area contributed by atoms with Gasteiger partial charge in [-0.25, -0.2) is 4.98 Å². The number of imidazole rings is 1. The van der Waals surface area contributed by atoms with Gasteiger partial charge in [0.1, 0.15) is 0 Å². The van der Waals surface area contributed by atoms with E-state index < -0.39 is 0 Å². The number of hydrogen-bond acceptors (Lipinski definition) is 2. The Hall–Kier alpha value is -0.990. The van der Waals surface area contributed by atoms with Crippen LogP contribution < -0.4 is 5.32 Å². The molecule has 0 radical (unpaired) electrons. The van der Waals surface area contributed by atoms with E-state index in [1.54, 1.807) is 0 Å². The van der Waals surface area contributed by atoms with Gasteiger partial charge in [0.15, 0.2) is 0 Å². The molecule has 1 aromatic heterocycles. The van der Waals surface area contributed by atoms with Crippen molar-refractivity contribution in [2.24, 2.45) is 11.3 Å². The van der Waals surface area contributed by atoms with E-state index in [1.165, 1.54) is 25.7 Å². The van der Waals surface area contributed by atoms with E-state index in [4.69, 9.17) is 0 Å². The van der Waals surface area contributed by atoms with Gasteiger partial charge in [-0.2, -0.15) is 0 Å². The molecule has 0 saturated heterocycles. The van der Waals surface area contributed by atoms with Crippen molar-refractivity contribution in [1.29, 1.82) is 0 Å². The van der Waals surface area contributed by atoms with E-state index in [-0.39, 0.29) is 0 Å². The predicted octanol–water partition coefficient (Wildman–Crippen LogP) is 4.40. The lowest BCUT2D eigenvalue weighted by Gasteiger charge is -2.36. The van der Waals surface area contributed by atoms with Gasteiger partial charge in [-0.1, -0.05) is 34.1 Å². The van der Waals surface area contributed by atoms with Crippen molar-refractivity contribution < 1.29 is 0 Å². The number of hydrogen-bond donors (Lipinski definition) is 1. The Morgan fingerprint density at radius 1 is 1.47 bits per heavy atom. The summed E-state index contributed by atoms with van der Waals surface area (Å²) in [7, 11) is 0. The molecule has 3 nitrogen and oxygen atoms in total. The third-order valence-electron chi connectivity index (χ3n) is 4.09. The molecule has 1 fully saturated rings. The zero-order valence-corrected chi connectivity index (χ0v) is 13.2. The summed E-state index contributed by atoms with van der Waals surface area (Å²) in [6.45, 7) is 12.3. The van der Waals surface area contributed by atoms with E-state index in [2.05, 4.69) is 55.7 Å². The van der Waals surface area contributed by atoms with Gasteiger partial charge in [0.25, 0.3) is 0 Å². The second-order valence-corrected chi connectivity index (χ2v) is 7.30. The van der Waals surface area contributed by atoms with Gasteiger partial charge in [0.05, 0.1) is 5.69 Å². The topological polar surface area (TPSA) is 29.9 Å². The predicted molar refractivity (Wildman–Crippen MR) is 81.6 cm³/mol. The van der Waals surface area contributed by atoms with Gasteiger partial charge in [-0.05, 0) is 37.5 Å². The first kappa shape index (κ1) is 14.4. The van der Waals surface area contributed by atoms with Crippen LogP contribution in [0.3, 0.4) is 0 Å². The van der Waals surface area contributed by atoms with E-state index in [9.17, 15) is 0 Å². The van der Waals surface area contributed by atoms with Crippen LogP contribution in [0.15, 0.2) is 6.20 Å². The maximum absolute atomic E-state index is 4.66. The van der Waals surface area contributed by atoms with Crippen LogP contribution in [0.1, 0.15) is 65.1 Å². The van der Waals surface area contributed by atoms with Gasteiger partial charge < -0.3 is 9.88 Å². The SMILES string of the molecule is Cc1cn(C2CCCC(C)(C)C2)c(NCC(C)C)n1. The standard InChI is InChI=1S/C16H29N3/c1-12(2)10-17-15-18-13(3)11-19(15)14-7-6-8-16(4,5)9-14/h11-12,14H,6-10H2,1-5H3,(H,17,18). The molecule has 0 bridgehead atoms. The summed E-state index contributed by atoms with van der Waals surface area (Å²) in [6, 6.07) is 0.611. The normalized spacial score (nSPS) is 22.7. The Labute approximate surface area is 117 Å². The van der Waals surface area contributed by atoms with E-state index in [0.717, 1.165) is 18.2 Å². The molecule has 19 heavy (non-hydrogen) atoms. The third kappa shape index (κ3) is 3.74. The number of rotatable bonds is 4. The van der Waals surface area contributed by atoms with Crippen LogP contribution in [0, 0.1) is 18.3 Å². The van der Waals surface area contributed by atoms with Crippen LogP contribution in [-0.2, 0) is 0 Å². The van der Waals surface area contributed by atoms with Gasteiger partial charge in [-0.3, -0.25) is 0 Å². The minimum Gasteiger partial charge on any atom is -0.355 e. The summed E-state index contributed by atoms with van der Waals surface area (Å²) in [6.07, 6.45) is 7.45. The number of aromatic nitrogens is 2. The number of anilines is 1. The lowest BCUT2D eigenvalue weighted by atomic mass is 9.75. The average molecular weight is 263 g/mol. The second-order valence-electron chi connectivity index (χ2n) is 7.30. The fraction of sp³-hybridized carbons (Fsp3) is 0.812. The average Bonchev–Trinajstić information content (AvgIpc) is 2.66. The van der Waals surface area contributed by atoms with Crippen molar-refractivity contribution >= 4 is 5.95 Å². The Morgan fingerprint density at radius 3 is 2.84 bits per heavy atom. The zero-order chi connectivity index (χ0) is 14.0. The quantitative estimate of drug-likeness (QED) is 0.872. The van der Waals surface area contributed by atoms with Gasteiger partial charge in [0, 0.05) is 18.8 Å². The van der Waals surface area contributed by atoms with Crippen LogP contribution in [-0.4, -0.2) is 16.1 Å². The molecule has 1 aliphatic rings. The molecule has 3 heteroatoms. The molecule has 1 aliphatic carbocycles. The molecule has 0 amide bonds. The maximum atomic E-state index is 4.66. The first-order valence-electron chi connectivity index (χ1n) is 7.67. The lowest BCUT2D eigenvalue weighted by molar-refractivity contribution is 0.184. The molecule has 0 aliphatic heterocycles. The van der Waals surface area contributed by atoms with Gasteiger partial charge in [0.2, 0.25) is 5.95 Å². The maximum Gasteiger partial charge on any atom is 0.203 e. The van der Waals surface area contributed by atoms with E-state index in [0.29, 0.717) is 17.4 Å². The summed E-state index contributed by atoms with van der Waals surface area (Å²) in [5.41, 5.74) is 1.59. The molecular formula is C16H29N3. The summed E-state index contributed by atoms with van der Waals surface area (Å²) < 4.78 is 2.39. The molecule has 108 valence electrons. The highest BCUT2D eigenvalue weighted by molar-refractivity contribution is 5.29. The largest absolute Gasteiger partial charge is 0.355 e. The first-order valence-corrected chi connectivity index (χ1v) is 7.67.